The van der Waals surface area contributed by atoms with Crippen molar-refractivity contribution in [1.29, 1.82) is 0 Å². The van der Waals surface area contributed by atoms with E-state index >= 15 is 0 Å². The average molecular weight is 717 g/mol. The molecule has 0 atom stereocenters. The topological polar surface area (TPSA) is 0 Å². The molecule has 0 aliphatic carbocycles. The van der Waals surface area contributed by atoms with E-state index in [9.17, 15) is 0 Å². The summed E-state index contributed by atoms with van der Waals surface area (Å²) in [4.78, 5) is 2.87. The molecule has 40 heavy (non-hydrogen) atoms. The molecule has 0 N–H and O–H groups in total. The zero-order valence-corrected chi connectivity index (χ0v) is 30.9. The Hall–Kier alpha value is 0.360. The standard InChI is InChI=1S/C36H60Br2S2/c1-3-5-7-9-11-13-15-17-19-21-23-25-27-31-29-33(39-35(31)37)34-30-32(36(38)40-34)28-26-24-22-20-18-16-14-12-10-8-6-4-2/h29-30H,3-28H2,1-2H3. The first-order valence-electron chi connectivity index (χ1n) is 17.2. The molecule has 2 aromatic heterocycles. The molecule has 0 saturated heterocycles. The molecule has 230 valence electrons. The highest BCUT2D eigenvalue weighted by atomic mass is 79.9. The molecule has 2 heterocycles. The molecular formula is C36H60Br2S2. The van der Waals surface area contributed by atoms with Gasteiger partial charge < -0.3 is 0 Å². The van der Waals surface area contributed by atoms with Crippen LogP contribution in [0.5, 0.6) is 0 Å². The van der Waals surface area contributed by atoms with Gasteiger partial charge in [0.1, 0.15) is 0 Å². The SMILES string of the molecule is CCCCCCCCCCCCCCc1cc(-c2cc(CCCCCCCCCCCCCC)c(Br)s2)sc1Br. The van der Waals surface area contributed by atoms with Gasteiger partial charge in [0, 0.05) is 9.75 Å². The second kappa shape index (κ2) is 24.8. The van der Waals surface area contributed by atoms with E-state index in [-0.39, 0.29) is 0 Å². The minimum atomic E-state index is 1.22. The van der Waals surface area contributed by atoms with Crippen molar-refractivity contribution >= 4 is 54.5 Å². The fourth-order valence-electron chi connectivity index (χ4n) is 5.71. The summed E-state index contributed by atoms with van der Waals surface area (Å²) in [6.45, 7) is 4.60. The molecule has 4 heteroatoms. The van der Waals surface area contributed by atoms with Gasteiger partial charge in [-0.25, -0.2) is 0 Å². The highest BCUT2D eigenvalue weighted by molar-refractivity contribution is 9.11. The summed E-state index contributed by atoms with van der Waals surface area (Å²) in [6, 6.07) is 4.91. The molecule has 0 aliphatic rings. The first-order valence-corrected chi connectivity index (χ1v) is 20.4. The Morgan fingerprint density at radius 1 is 0.400 bits per heavy atom. The van der Waals surface area contributed by atoms with Crippen LogP contribution in [0.1, 0.15) is 179 Å². The largest absolute Gasteiger partial charge is 0.127 e. The van der Waals surface area contributed by atoms with Crippen LogP contribution in [0.4, 0.5) is 0 Å². The van der Waals surface area contributed by atoms with E-state index in [1.165, 1.54) is 195 Å². The predicted octanol–water partition coefficient (Wildman–Crippen LogP) is 15.5. The van der Waals surface area contributed by atoms with Gasteiger partial charge in [-0.1, -0.05) is 155 Å². The molecule has 0 bridgehead atoms. The Labute approximate surface area is 274 Å². The average Bonchev–Trinajstić information content (AvgIpc) is 3.51. The zero-order valence-electron chi connectivity index (χ0n) is 26.1. The number of hydrogen-bond acceptors (Lipinski definition) is 2. The van der Waals surface area contributed by atoms with E-state index < -0.39 is 0 Å². The van der Waals surface area contributed by atoms with Crippen molar-refractivity contribution in [2.24, 2.45) is 0 Å². The van der Waals surface area contributed by atoms with Crippen LogP contribution in [0, 0.1) is 0 Å². The Bertz CT molecular complexity index is 783. The van der Waals surface area contributed by atoms with Crippen LogP contribution >= 0.6 is 54.5 Å². The van der Waals surface area contributed by atoms with Gasteiger partial charge in [-0.2, -0.15) is 0 Å². The fourth-order valence-corrected chi connectivity index (χ4v) is 9.32. The summed E-state index contributed by atoms with van der Waals surface area (Å²) >= 11 is 11.6. The third-order valence-electron chi connectivity index (χ3n) is 8.36. The number of unbranched alkanes of at least 4 members (excludes halogenated alkanes) is 22. The van der Waals surface area contributed by atoms with Crippen molar-refractivity contribution in [3.63, 3.8) is 0 Å². The van der Waals surface area contributed by atoms with Crippen LogP contribution in [0.25, 0.3) is 9.75 Å². The Morgan fingerprint density at radius 3 is 0.925 bits per heavy atom. The third kappa shape index (κ3) is 16.9. The van der Waals surface area contributed by atoms with Gasteiger partial charge in [-0.3, -0.25) is 0 Å². The minimum Gasteiger partial charge on any atom is -0.127 e. The summed E-state index contributed by atoms with van der Waals surface area (Å²) in [7, 11) is 0. The van der Waals surface area contributed by atoms with Gasteiger partial charge in [-0.15, -0.1) is 22.7 Å². The van der Waals surface area contributed by atoms with Crippen molar-refractivity contribution in [2.45, 2.75) is 181 Å². The summed E-state index contributed by atoms with van der Waals surface area (Å²) < 4.78 is 2.69. The van der Waals surface area contributed by atoms with Gasteiger partial charge in [0.15, 0.2) is 0 Å². The predicted molar refractivity (Wildman–Crippen MR) is 193 cm³/mol. The first kappa shape index (κ1) is 36.6. The van der Waals surface area contributed by atoms with Crippen molar-refractivity contribution in [3.05, 3.63) is 30.8 Å². The number of aryl methyl sites for hydroxylation is 2. The van der Waals surface area contributed by atoms with E-state index in [4.69, 9.17) is 0 Å². The molecule has 2 aromatic rings. The van der Waals surface area contributed by atoms with Crippen molar-refractivity contribution in [1.82, 2.24) is 0 Å². The molecule has 0 nitrogen and oxygen atoms in total. The quantitative estimate of drug-likeness (QED) is 0.0808. The molecule has 0 fully saturated rings. The highest BCUT2D eigenvalue weighted by Crippen LogP contribution is 2.42. The van der Waals surface area contributed by atoms with E-state index in [1.807, 2.05) is 22.7 Å². The smallest absolute Gasteiger partial charge is 0.0737 e. The molecule has 0 spiro atoms. The maximum atomic E-state index is 3.88. The summed E-state index contributed by atoms with van der Waals surface area (Å²) in [5.41, 5.74) is 3.03. The number of halogens is 2. The monoisotopic (exact) mass is 714 g/mol. The highest BCUT2D eigenvalue weighted by Gasteiger charge is 2.13. The molecule has 0 saturated carbocycles. The molecule has 0 aromatic carbocycles. The van der Waals surface area contributed by atoms with Crippen LogP contribution < -0.4 is 0 Å². The van der Waals surface area contributed by atoms with Gasteiger partial charge in [0.05, 0.1) is 7.57 Å². The maximum absolute atomic E-state index is 3.88. The Morgan fingerprint density at radius 2 is 0.650 bits per heavy atom. The van der Waals surface area contributed by atoms with E-state index in [0.29, 0.717) is 0 Å². The lowest BCUT2D eigenvalue weighted by Crippen LogP contribution is -1.86. The van der Waals surface area contributed by atoms with Crippen LogP contribution in [-0.4, -0.2) is 0 Å². The molecule has 0 aliphatic heterocycles. The summed E-state index contributed by atoms with van der Waals surface area (Å²) in [5.74, 6) is 0. The van der Waals surface area contributed by atoms with Crippen LogP contribution in [0.3, 0.4) is 0 Å². The zero-order chi connectivity index (χ0) is 28.7. The van der Waals surface area contributed by atoms with Gasteiger partial charge in [0.2, 0.25) is 0 Å². The number of hydrogen-bond donors (Lipinski definition) is 0. The molecule has 0 amide bonds. The van der Waals surface area contributed by atoms with E-state index in [2.05, 4.69) is 57.8 Å². The number of thiophene rings is 2. The molecule has 0 unspecified atom stereocenters. The summed E-state index contributed by atoms with van der Waals surface area (Å²) in [6.07, 6.45) is 36.4. The Balaban J connectivity index is 1.55. The summed E-state index contributed by atoms with van der Waals surface area (Å²) in [5, 5.41) is 0. The second-order valence-electron chi connectivity index (χ2n) is 12.1. The van der Waals surface area contributed by atoms with Crippen molar-refractivity contribution in [3.8, 4) is 9.75 Å². The van der Waals surface area contributed by atoms with Gasteiger partial charge in [0.25, 0.3) is 0 Å². The van der Waals surface area contributed by atoms with Crippen molar-refractivity contribution in [2.75, 3.05) is 0 Å². The van der Waals surface area contributed by atoms with Crippen molar-refractivity contribution < 1.29 is 0 Å². The number of rotatable bonds is 27. The lowest BCUT2D eigenvalue weighted by Gasteiger charge is -2.03. The lowest BCUT2D eigenvalue weighted by atomic mass is 10.0. The molecular weight excluding hydrogens is 656 g/mol. The van der Waals surface area contributed by atoms with Crippen LogP contribution in [0.15, 0.2) is 19.7 Å². The van der Waals surface area contributed by atoms with Gasteiger partial charge in [-0.05, 0) is 80.8 Å². The van der Waals surface area contributed by atoms with E-state index in [1.54, 1.807) is 0 Å². The van der Waals surface area contributed by atoms with Gasteiger partial charge >= 0.3 is 0 Å². The third-order valence-corrected chi connectivity index (χ3v) is 12.5. The second-order valence-corrected chi connectivity index (χ2v) is 16.8. The van der Waals surface area contributed by atoms with Crippen LogP contribution in [0.2, 0.25) is 0 Å². The fraction of sp³-hybridized carbons (Fsp3) is 0.778. The molecule has 0 radical (unpaired) electrons. The Kier molecular flexibility index (Phi) is 22.6. The molecule has 2 rings (SSSR count). The van der Waals surface area contributed by atoms with E-state index in [0.717, 1.165) is 0 Å². The maximum Gasteiger partial charge on any atom is 0.0737 e. The van der Waals surface area contributed by atoms with Crippen LogP contribution in [-0.2, 0) is 12.8 Å². The first-order chi connectivity index (χ1) is 19.7. The lowest BCUT2D eigenvalue weighted by molar-refractivity contribution is 0.544. The normalized spacial score (nSPS) is 11.6. The minimum absolute atomic E-state index is 1.22.